The lowest BCUT2D eigenvalue weighted by Gasteiger charge is -2.11. The molecule has 7 nitrogen and oxygen atoms in total. The van der Waals surface area contributed by atoms with Crippen LogP contribution in [0.4, 0.5) is 0 Å². The Balaban J connectivity index is 1.47. The number of nitrogens with zero attached hydrogens (tertiary/aromatic N) is 6. The lowest BCUT2D eigenvalue weighted by molar-refractivity contribution is 0.605. The number of oxazole rings is 1. The van der Waals surface area contributed by atoms with Gasteiger partial charge in [-0.2, -0.15) is 0 Å². The standard InChI is InChI=1S/C28H16N6O/c1-2-8-18(9-3-1)23-20-13-12-17-7-4-5-10-19(17)24(20)34-26(33-23)25-29-16-14-22(31-25)28-32-21-11-6-15-30-27(21)35-28/h1-16H. The Bertz CT molecular complexity index is 1830. The zero-order chi connectivity index (χ0) is 23.2. The Morgan fingerprint density at radius 2 is 1.46 bits per heavy atom. The van der Waals surface area contributed by atoms with Gasteiger partial charge >= 0.3 is 0 Å². The monoisotopic (exact) mass is 452 g/mol. The van der Waals surface area contributed by atoms with Crippen molar-refractivity contribution in [3.05, 3.63) is 97.3 Å². The van der Waals surface area contributed by atoms with E-state index < -0.39 is 0 Å². The first-order valence-electron chi connectivity index (χ1n) is 11.1. The van der Waals surface area contributed by atoms with Crippen molar-refractivity contribution >= 4 is 32.9 Å². The van der Waals surface area contributed by atoms with E-state index in [1.54, 1.807) is 18.5 Å². The fraction of sp³-hybridized carbons (Fsp3) is 0. The molecule has 0 atom stereocenters. The zero-order valence-electron chi connectivity index (χ0n) is 18.3. The molecule has 0 unspecified atom stereocenters. The number of hydrogen-bond acceptors (Lipinski definition) is 7. The number of rotatable bonds is 3. The van der Waals surface area contributed by atoms with Crippen molar-refractivity contribution in [2.24, 2.45) is 0 Å². The molecule has 0 saturated heterocycles. The molecular formula is C28H16N6O. The van der Waals surface area contributed by atoms with Crippen LogP contribution < -0.4 is 0 Å². The minimum absolute atomic E-state index is 0.372. The molecule has 0 amide bonds. The van der Waals surface area contributed by atoms with Gasteiger partial charge in [-0.3, -0.25) is 0 Å². The van der Waals surface area contributed by atoms with Gasteiger partial charge in [-0.25, -0.2) is 29.9 Å². The highest BCUT2D eigenvalue weighted by Gasteiger charge is 2.17. The molecular weight excluding hydrogens is 436 g/mol. The topological polar surface area (TPSA) is 90.5 Å². The number of aromatic nitrogens is 6. The molecule has 7 heteroatoms. The summed E-state index contributed by atoms with van der Waals surface area (Å²) in [6, 6.07) is 27.9. The van der Waals surface area contributed by atoms with Crippen LogP contribution in [-0.2, 0) is 0 Å². The average Bonchev–Trinajstić information content (AvgIpc) is 3.37. The molecule has 4 aromatic heterocycles. The molecule has 4 heterocycles. The Labute approximate surface area is 199 Å². The summed E-state index contributed by atoms with van der Waals surface area (Å²) in [5, 5.41) is 3.13. The highest BCUT2D eigenvalue weighted by molar-refractivity contribution is 6.09. The zero-order valence-corrected chi connectivity index (χ0v) is 18.3. The fourth-order valence-electron chi connectivity index (χ4n) is 4.24. The summed E-state index contributed by atoms with van der Waals surface area (Å²) >= 11 is 0. The minimum atomic E-state index is 0.372. The molecule has 0 aliphatic rings. The van der Waals surface area contributed by atoms with E-state index in [9.17, 15) is 0 Å². The van der Waals surface area contributed by atoms with Crippen LogP contribution in [0.15, 0.2) is 102 Å². The summed E-state index contributed by atoms with van der Waals surface area (Å²) < 4.78 is 5.81. The quantitative estimate of drug-likeness (QED) is 0.299. The largest absolute Gasteiger partial charge is 0.416 e. The van der Waals surface area contributed by atoms with Gasteiger partial charge in [0, 0.05) is 28.7 Å². The first-order chi connectivity index (χ1) is 17.3. The Kier molecular flexibility index (Phi) is 4.32. The van der Waals surface area contributed by atoms with E-state index in [1.165, 1.54) is 0 Å². The SMILES string of the molecule is c1ccc(-c2nc(-c3nccc(-c4nc5cccnc5o4)n3)nc3c2ccc2ccccc23)cc1. The van der Waals surface area contributed by atoms with Gasteiger partial charge < -0.3 is 4.42 Å². The number of pyridine rings is 1. The Morgan fingerprint density at radius 3 is 2.37 bits per heavy atom. The first-order valence-corrected chi connectivity index (χ1v) is 11.1. The van der Waals surface area contributed by atoms with Crippen LogP contribution in [0, 0.1) is 0 Å². The third kappa shape index (κ3) is 3.29. The van der Waals surface area contributed by atoms with Crippen LogP contribution in [0.25, 0.3) is 67.4 Å². The maximum atomic E-state index is 5.81. The van der Waals surface area contributed by atoms with Crippen LogP contribution in [-0.4, -0.2) is 29.9 Å². The molecule has 164 valence electrons. The summed E-state index contributed by atoms with van der Waals surface area (Å²) in [6.07, 6.45) is 3.33. The van der Waals surface area contributed by atoms with Crippen molar-refractivity contribution in [2.75, 3.05) is 0 Å². The molecule has 7 aromatic rings. The van der Waals surface area contributed by atoms with Crippen molar-refractivity contribution in [1.82, 2.24) is 29.9 Å². The van der Waals surface area contributed by atoms with Crippen molar-refractivity contribution in [2.45, 2.75) is 0 Å². The van der Waals surface area contributed by atoms with Crippen LogP contribution in [0.5, 0.6) is 0 Å². The normalized spacial score (nSPS) is 11.4. The van der Waals surface area contributed by atoms with E-state index in [2.05, 4.69) is 39.2 Å². The van der Waals surface area contributed by atoms with E-state index in [-0.39, 0.29) is 0 Å². The van der Waals surface area contributed by atoms with Gasteiger partial charge in [0.2, 0.25) is 11.6 Å². The van der Waals surface area contributed by atoms with E-state index in [0.29, 0.717) is 34.5 Å². The summed E-state index contributed by atoms with van der Waals surface area (Å²) in [7, 11) is 0. The predicted octanol–water partition coefficient (Wildman–Crippen LogP) is 6.11. The van der Waals surface area contributed by atoms with Crippen LogP contribution in [0.1, 0.15) is 0 Å². The Hall–Kier alpha value is -5.04. The molecule has 0 fully saturated rings. The molecule has 35 heavy (non-hydrogen) atoms. The van der Waals surface area contributed by atoms with E-state index in [0.717, 1.165) is 32.9 Å². The van der Waals surface area contributed by atoms with Gasteiger partial charge in [-0.05, 0) is 29.7 Å². The van der Waals surface area contributed by atoms with E-state index in [4.69, 9.17) is 19.4 Å². The fourth-order valence-corrected chi connectivity index (χ4v) is 4.24. The van der Waals surface area contributed by atoms with Gasteiger partial charge in [0.1, 0.15) is 11.2 Å². The predicted molar refractivity (Wildman–Crippen MR) is 134 cm³/mol. The van der Waals surface area contributed by atoms with Crippen molar-refractivity contribution in [3.8, 4) is 34.5 Å². The van der Waals surface area contributed by atoms with Gasteiger partial charge in [-0.15, -0.1) is 0 Å². The summed E-state index contributed by atoms with van der Waals surface area (Å²) in [5.41, 5.74) is 4.35. The summed E-state index contributed by atoms with van der Waals surface area (Å²) in [5.74, 6) is 1.20. The third-order valence-corrected chi connectivity index (χ3v) is 5.88. The molecule has 0 radical (unpaired) electrons. The molecule has 0 bridgehead atoms. The van der Waals surface area contributed by atoms with Gasteiger partial charge in [0.15, 0.2) is 11.6 Å². The van der Waals surface area contributed by atoms with E-state index in [1.807, 2.05) is 54.6 Å². The smallest absolute Gasteiger partial charge is 0.248 e. The highest BCUT2D eigenvalue weighted by Crippen LogP contribution is 2.33. The number of fused-ring (bicyclic) bond motifs is 4. The maximum absolute atomic E-state index is 5.81. The molecule has 7 rings (SSSR count). The number of benzene rings is 3. The minimum Gasteiger partial charge on any atom is -0.416 e. The Morgan fingerprint density at radius 1 is 0.571 bits per heavy atom. The molecule has 3 aromatic carbocycles. The molecule has 0 aliphatic carbocycles. The van der Waals surface area contributed by atoms with Gasteiger partial charge in [0.05, 0.1) is 11.2 Å². The van der Waals surface area contributed by atoms with Gasteiger partial charge in [0.25, 0.3) is 0 Å². The van der Waals surface area contributed by atoms with Crippen LogP contribution >= 0.6 is 0 Å². The van der Waals surface area contributed by atoms with E-state index >= 15 is 0 Å². The second-order valence-electron chi connectivity index (χ2n) is 8.06. The van der Waals surface area contributed by atoms with Crippen molar-refractivity contribution in [3.63, 3.8) is 0 Å². The summed E-state index contributed by atoms with van der Waals surface area (Å²) in [6.45, 7) is 0. The first kappa shape index (κ1) is 19.4. The van der Waals surface area contributed by atoms with Crippen LogP contribution in [0.3, 0.4) is 0 Å². The lowest BCUT2D eigenvalue weighted by atomic mass is 10.0. The maximum Gasteiger partial charge on any atom is 0.248 e. The van der Waals surface area contributed by atoms with Crippen LogP contribution in [0.2, 0.25) is 0 Å². The average molecular weight is 452 g/mol. The lowest BCUT2D eigenvalue weighted by Crippen LogP contribution is -2.00. The second kappa shape index (κ2) is 7.78. The highest BCUT2D eigenvalue weighted by atomic mass is 16.4. The molecule has 0 spiro atoms. The second-order valence-corrected chi connectivity index (χ2v) is 8.06. The third-order valence-electron chi connectivity index (χ3n) is 5.88. The van der Waals surface area contributed by atoms with Gasteiger partial charge in [-0.1, -0.05) is 60.7 Å². The molecule has 0 N–H and O–H groups in total. The van der Waals surface area contributed by atoms with Crippen molar-refractivity contribution in [1.29, 1.82) is 0 Å². The number of hydrogen-bond donors (Lipinski definition) is 0. The molecule has 0 saturated carbocycles. The van der Waals surface area contributed by atoms with Crippen molar-refractivity contribution < 1.29 is 4.42 Å². The summed E-state index contributed by atoms with van der Waals surface area (Å²) in [4.78, 5) is 27.8. The molecule has 0 aliphatic heterocycles.